The minimum absolute atomic E-state index is 0.127. The number of ether oxygens (including phenoxy) is 2. The van der Waals surface area contributed by atoms with Gasteiger partial charge in [0.1, 0.15) is 12.3 Å². The number of fused-ring (bicyclic) bond motifs is 1. The maximum atomic E-state index is 12.6. The Morgan fingerprint density at radius 3 is 2.52 bits per heavy atom. The lowest BCUT2D eigenvalue weighted by atomic mass is 10.2. The fourth-order valence-electron chi connectivity index (χ4n) is 2.73. The fraction of sp³-hybridized carbons (Fsp3) is 0.250. The van der Waals surface area contributed by atoms with Crippen LogP contribution in [0.15, 0.2) is 57.9 Å². The van der Waals surface area contributed by atoms with Crippen LogP contribution in [-0.4, -0.2) is 28.9 Å². The van der Waals surface area contributed by atoms with Crippen LogP contribution in [0.2, 0.25) is 0 Å². The second-order valence-electron chi connectivity index (χ2n) is 5.93. The molecule has 0 saturated carbocycles. The first-order valence-electron chi connectivity index (χ1n) is 8.50. The van der Waals surface area contributed by atoms with E-state index in [1.54, 1.807) is 13.8 Å². The van der Waals surface area contributed by atoms with E-state index in [2.05, 4.69) is 0 Å². The van der Waals surface area contributed by atoms with E-state index in [9.17, 15) is 14.4 Å². The number of hydrogen-bond donors (Lipinski definition) is 0. The number of carbonyl (C=O) groups is 2. The molecule has 0 atom stereocenters. The summed E-state index contributed by atoms with van der Waals surface area (Å²) in [5.74, 6) is -0.636. The van der Waals surface area contributed by atoms with E-state index < -0.39 is 11.9 Å². The van der Waals surface area contributed by atoms with Gasteiger partial charge in [-0.2, -0.15) is 0 Å². The Bertz CT molecular complexity index is 962. The highest BCUT2D eigenvalue weighted by Crippen LogP contribution is 2.33. The fourth-order valence-corrected chi connectivity index (χ4v) is 3.84. The molecule has 0 bridgehead atoms. The minimum atomic E-state index is -0.576. The molecule has 0 N–H and O–H groups in total. The highest BCUT2D eigenvalue weighted by Gasteiger charge is 2.28. The van der Waals surface area contributed by atoms with Crippen molar-refractivity contribution in [2.24, 2.45) is 0 Å². The first-order valence-corrected chi connectivity index (χ1v) is 9.48. The van der Waals surface area contributed by atoms with Gasteiger partial charge in [-0.05, 0) is 31.1 Å². The molecule has 0 fully saturated rings. The molecule has 1 aliphatic rings. The number of nitrogens with zero attached hydrogens (tertiary/aromatic N) is 1. The molecule has 0 unspecified atom stereocenters. The standard InChI is InChI=1S/C20H19NO5S/c1-3-25-20(24)17-13(2)12-27-18-15(9-10-16(22)21(17)18)19(23)26-11-14-7-5-4-6-8-14/h4-10H,3,11-12H2,1-2H3. The molecule has 0 radical (unpaired) electrons. The Morgan fingerprint density at radius 2 is 1.81 bits per heavy atom. The van der Waals surface area contributed by atoms with Crippen molar-refractivity contribution in [2.45, 2.75) is 25.5 Å². The molecular weight excluding hydrogens is 366 g/mol. The smallest absolute Gasteiger partial charge is 0.355 e. The van der Waals surface area contributed by atoms with Gasteiger partial charge in [-0.3, -0.25) is 9.36 Å². The molecule has 3 rings (SSSR count). The van der Waals surface area contributed by atoms with Crippen LogP contribution >= 0.6 is 11.8 Å². The first-order chi connectivity index (χ1) is 13.0. The van der Waals surface area contributed by atoms with Crippen molar-refractivity contribution in [3.05, 3.63) is 69.5 Å². The van der Waals surface area contributed by atoms with Crippen molar-refractivity contribution in [3.63, 3.8) is 0 Å². The topological polar surface area (TPSA) is 74.6 Å². The summed E-state index contributed by atoms with van der Waals surface area (Å²) in [6, 6.07) is 12.0. The number of carbonyl (C=O) groups excluding carboxylic acids is 2. The van der Waals surface area contributed by atoms with Crippen LogP contribution in [0.25, 0.3) is 5.70 Å². The van der Waals surface area contributed by atoms with Crippen molar-refractivity contribution in [1.82, 2.24) is 4.57 Å². The van der Waals surface area contributed by atoms with E-state index in [0.717, 1.165) is 11.1 Å². The average molecular weight is 385 g/mol. The van der Waals surface area contributed by atoms with Crippen LogP contribution in [0.1, 0.15) is 29.8 Å². The van der Waals surface area contributed by atoms with Gasteiger partial charge in [-0.15, -0.1) is 11.8 Å². The summed E-state index contributed by atoms with van der Waals surface area (Å²) < 4.78 is 11.7. The molecule has 0 spiro atoms. The maximum Gasteiger partial charge on any atom is 0.355 e. The van der Waals surface area contributed by atoms with Gasteiger partial charge in [0, 0.05) is 11.8 Å². The zero-order valence-electron chi connectivity index (χ0n) is 15.1. The van der Waals surface area contributed by atoms with E-state index in [-0.39, 0.29) is 30.0 Å². The molecule has 0 saturated heterocycles. The Morgan fingerprint density at radius 1 is 1.07 bits per heavy atom. The van der Waals surface area contributed by atoms with Gasteiger partial charge in [0.15, 0.2) is 0 Å². The van der Waals surface area contributed by atoms with Crippen molar-refractivity contribution in [2.75, 3.05) is 12.4 Å². The molecule has 2 aromatic rings. The van der Waals surface area contributed by atoms with Crippen molar-refractivity contribution in [3.8, 4) is 0 Å². The van der Waals surface area contributed by atoms with Gasteiger partial charge in [0.25, 0.3) is 5.56 Å². The minimum Gasteiger partial charge on any atom is -0.461 e. The Kier molecular flexibility index (Phi) is 5.81. The number of thioether (sulfide) groups is 1. The third-order valence-corrected chi connectivity index (χ3v) is 5.25. The monoisotopic (exact) mass is 385 g/mol. The Balaban J connectivity index is 1.95. The van der Waals surface area contributed by atoms with Crippen molar-refractivity contribution >= 4 is 29.4 Å². The summed E-state index contributed by atoms with van der Waals surface area (Å²) in [6.07, 6.45) is 0. The van der Waals surface area contributed by atoms with Crippen LogP contribution in [0.3, 0.4) is 0 Å². The molecule has 2 heterocycles. The summed E-state index contributed by atoms with van der Waals surface area (Å²) in [5, 5.41) is 0.397. The van der Waals surface area contributed by atoms with Gasteiger partial charge < -0.3 is 9.47 Å². The zero-order valence-corrected chi connectivity index (χ0v) is 15.9. The molecule has 7 heteroatoms. The molecule has 0 amide bonds. The lowest BCUT2D eigenvalue weighted by Gasteiger charge is -2.23. The third-order valence-electron chi connectivity index (χ3n) is 4.00. The van der Waals surface area contributed by atoms with E-state index in [1.165, 1.54) is 28.5 Å². The number of hydrogen-bond acceptors (Lipinski definition) is 6. The van der Waals surface area contributed by atoms with E-state index >= 15 is 0 Å². The van der Waals surface area contributed by atoms with Crippen LogP contribution in [0.5, 0.6) is 0 Å². The molecule has 6 nitrogen and oxygen atoms in total. The van der Waals surface area contributed by atoms with Gasteiger partial charge in [0.05, 0.1) is 17.2 Å². The first kappa shape index (κ1) is 19.0. The SMILES string of the molecule is CCOC(=O)C1=C(C)CSc2c(C(=O)OCc3ccccc3)ccc(=O)n21. The number of pyridine rings is 1. The predicted molar refractivity (Wildman–Crippen MR) is 103 cm³/mol. The van der Waals surface area contributed by atoms with Crippen LogP contribution in [-0.2, 0) is 20.9 Å². The van der Waals surface area contributed by atoms with Crippen molar-refractivity contribution < 1.29 is 19.1 Å². The van der Waals surface area contributed by atoms with Gasteiger partial charge in [-0.1, -0.05) is 30.3 Å². The largest absolute Gasteiger partial charge is 0.461 e. The van der Waals surface area contributed by atoms with E-state index in [1.807, 2.05) is 30.3 Å². The lowest BCUT2D eigenvalue weighted by Crippen LogP contribution is -2.30. The van der Waals surface area contributed by atoms with E-state index in [0.29, 0.717) is 10.8 Å². The molecule has 1 aromatic heterocycles. The molecule has 0 aliphatic carbocycles. The zero-order chi connectivity index (χ0) is 19.4. The summed E-state index contributed by atoms with van der Waals surface area (Å²) in [4.78, 5) is 37.4. The van der Waals surface area contributed by atoms with Gasteiger partial charge >= 0.3 is 11.9 Å². The third kappa shape index (κ3) is 3.98. The second-order valence-corrected chi connectivity index (χ2v) is 6.89. The summed E-state index contributed by atoms with van der Waals surface area (Å²) in [6.45, 7) is 3.80. The van der Waals surface area contributed by atoms with Crippen LogP contribution in [0.4, 0.5) is 0 Å². The molecule has 1 aliphatic heterocycles. The van der Waals surface area contributed by atoms with Crippen LogP contribution < -0.4 is 5.56 Å². The lowest BCUT2D eigenvalue weighted by molar-refractivity contribution is -0.136. The average Bonchev–Trinajstić information content (AvgIpc) is 2.67. The molecular formula is C20H19NO5S. The highest BCUT2D eigenvalue weighted by atomic mass is 32.2. The maximum absolute atomic E-state index is 12.6. The summed E-state index contributed by atoms with van der Waals surface area (Å²) in [7, 11) is 0. The molecule has 27 heavy (non-hydrogen) atoms. The quantitative estimate of drug-likeness (QED) is 0.737. The second kappa shape index (κ2) is 8.26. The van der Waals surface area contributed by atoms with Crippen molar-refractivity contribution in [1.29, 1.82) is 0 Å². The Hall–Kier alpha value is -2.80. The van der Waals surface area contributed by atoms with E-state index in [4.69, 9.17) is 9.47 Å². The summed E-state index contributed by atoms with van der Waals surface area (Å²) >= 11 is 1.32. The number of benzene rings is 1. The predicted octanol–water partition coefficient (Wildman–Crippen LogP) is 3.11. The normalized spacial score (nSPS) is 13.1. The Labute approximate surface area is 160 Å². The number of aromatic nitrogens is 1. The number of esters is 2. The molecule has 1 aromatic carbocycles. The van der Waals surface area contributed by atoms with Gasteiger partial charge in [-0.25, -0.2) is 9.59 Å². The molecule has 140 valence electrons. The summed E-state index contributed by atoms with van der Waals surface area (Å²) in [5.41, 5.74) is 1.63. The van der Waals surface area contributed by atoms with Gasteiger partial charge in [0.2, 0.25) is 0 Å². The van der Waals surface area contributed by atoms with Crippen LogP contribution in [0, 0.1) is 0 Å². The highest BCUT2D eigenvalue weighted by molar-refractivity contribution is 7.99. The number of rotatable bonds is 5.